The molecule has 0 amide bonds. The molecule has 0 atom stereocenters. The molecule has 1 heterocycles. The molecule has 0 fully saturated rings. The van der Waals surface area contributed by atoms with Gasteiger partial charge in [-0.25, -0.2) is 9.48 Å². The zero-order chi connectivity index (χ0) is 12.3. The summed E-state index contributed by atoms with van der Waals surface area (Å²) in [6.07, 6.45) is 1.70. The molecule has 88 valence electrons. The second-order valence-corrected chi connectivity index (χ2v) is 3.78. The molecule has 2 rings (SSSR count). The maximum Gasteiger partial charge on any atom is 0.358 e. The third-order valence-electron chi connectivity index (χ3n) is 2.16. The lowest BCUT2D eigenvalue weighted by Gasteiger charge is -2.01. The van der Waals surface area contributed by atoms with Crippen molar-refractivity contribution in [1.29, 1.82) is 0 Å². The lowest BCUT2D eigenvalue weighted by Crippen LogP contribution is -2.06. The number of benzene rings is 1. The maximum absolute atomic E-state index is 11.4. The lowest BCUT2D eigenvalue weighted by atomic mass is 10.3. The van der Waals surface area contributed by atoms with E-state index in [2.05, 4.69) is 5.10 Å². The first-order valence-electron chi connectivity index (χ1n) is 5.19. The van der Waals surface area contributed by atoms with Crippen LogP contribution in [0.3, 0.4) is 0 Å². The van der Waals surface area contributed by atoms with Gasteiger partial charge in [0.1, 0.15) is 0 Å². The fraction of sp³-hybridized carbons (Fsp3) is 0.167. The summed E-state index contributed by atoms with van der Waals surface area (Å²) in [7, 11) is 0. The van der Waals surface area contributed by atoms with Gasteiger partial charge in [-0.05, 0) is 37.3 Å². The SMILES string of the molecule is CCOC(=O)c1ccn(-c2ccc(Cl)cc2)n1. The molecule has 0 spiro atoms. The minimum Gasteiger partial charge on any atom is -0.461 e. The molecular formula is C12H11ClN2O2. The Balaban J connectivity index is 2.23. The Kier molecular flexibility index (Phi) is 3.44. The molecule has 0 unspecified atom stereocenters. The Hall–Kier alpha value is -1.81. The monoisotopic (exact) mass is 250 g/mol. The average Bonchev–Trinajstić information content (AvgIpc) is 2.80. The topological polar surface area (TPSA) is 44.1 Å². The van der Waals surface area contributed by atoms with Crippen molar-refractivity contribution in [3.05, 3.63) is 47.2 Å². The van der Waals surface area contributed by atoms with Crippen LogP contribution in [0, 0.1) is 0 Å². The van der Waals surface area contributed by atoms with E-state index in [0.717, 1.165) is 5.69 Å². The molecule has 17 heavy (non-hydrogen) atoms. The summed E-state index contributed by atoms with van der Waals surface area (Å²) in [6.45, 7) is 2.10. The van der Waals surface area contributed by atoms with Crippen LogP contribution in [-0.4, -0.2) is 22.4 Å². The molecular weight excluding hydrogens is 240 g/mol. The highest BCUT2D eigenvalue weighted by Gasteiger charge is 2.10. The Morgan fingerprint density at radius 1 is 1.35 bits per heavy atom. The molecule has 0 saturated carbocycles. The van der Waals surface area contributed by atoms with Crippen molar-refractivity contribution in [2.75, 3.05) is 6.61 Å². The second kappa shape index (κ2) is 5.01. The summed E-state index contributed by atoms with van der Waals surface area (Å²) in [6, 6.07) is 8.80. The van der Waals surface area contributed by atoms with E-state index in [1.807, 2.05) is 12.1 Å². The number of esters is 1. The van der Waals surface area contributed by atoms with E-state index in [0.29, 0.717) is 17.3 Å². The maximum atomic E-state index is 11.4. The average molecular weight is 251 g/mol. The van der Waals surface area contributed by atoms with Crippen LogP contribution < -0.4 is 0 Å². The molecule has 1 aromatic heterocycles. The first-order valence-corrected chi connectivity index (χ1v) is 5.57. The number of ether oxygens (including phenoxy) is 1. The van der Waals surface area contributed by atoms with Crippen molar-refractivity contribution in [3.63, 3.8) is 0 Å². The van der Waals surface area contributed by atoms with Gasteiger partial charge in [0.05, 0.1) is 12.3 Å². The zero-order valence-corrected chi connectivity index (χ0v) is 10.0. The molecule has 0 aliphatic carbocycles. The van der Waals surface area contributed by atoms with E-state index in [1.54, 1.807) is 36.0 Å². The fourth-order valence-corrected chi connectivity index (χ4v) is 1.50. The molecule has 4 nitrogen and oxygen atoms in total. The molecule has 0 bridgehead atoms. The summed E-state index contributed by atoms with van der Waals surface area (Å²) in [5.41, 5.74) is 1.13. The van der Waals surface area contributed by atoms with E-state index in [-0.39, 0.29) is 0 Å². The van der Waals surface area contributed by atoms with Gasteiger partial charge in [0.25, 0.3) is 0 Å². The van der Waals surface area contributed by atoms with Crippen LogP contribution in [-0.2, 0) is 4.74 Å². The van der Waals surface area contributed by atoms with Gasteiger partial charge in [0.15, 0.2) is 5.69 Å². The van der Waals surface area contributed by atoms with Crippen LogP contribution in [0.4, 0.5) is 0 Å². The molecule has 0 saturated heterocycles. The highest BCUT2D eigenvalue weighted by molar-refractivity contribution is 6.30. The van der Waals surface area contributed by atoms with E-state index >= 15 is 0 Å². The predicted octanol–water partition coefficient (Wildman–Crippen LogP) is 2.70. The minimum absolute atomic E-state index is 0.293. The summed E-state index contributed by atoms with van der Waals surface area (Å²) in [4.78, 5) is 11.4. The van der Waals surface area contributed by atoms with Gasteiger partial charge >= 0.3 is 5.97 Å². The molecule has 0 N–H and O–H groups in total. The molecule has 0 aliphatic heterocycles. The van der Waals surface area contributed by atoms with Gasteiger partial charge in [-0.3, -0.25) is 0 Å². The fourth-order valence-electron chi connectivity index (χ4n) is 1.38. The van der Waals surface area contributed by atoms with E-state index in [9.17, 15) is 4.79 Å². The minimum atomic E-state index is -0.416. The van der Waals surface area contributed by atoms with Crippen molar-refractivity contribution in [1.82, 2.24) is 9.78 Å². The Labute approximate surface area is 104 Å². The Bertz CT molecular complexity index is 520. The molecule has 2 aromatic rings. The normalized spacial score (nSPS) is 10.2. The first kappa shape index (κ1) is 11.7. The highest BCUT2D eigenvalue weighted by atomic mass is 35.5. The van der Waals surface area contributed by atoms with Crippen LogP contribution >= 0.6 is 11.6 Å². The standard InChI is InChI=1S/C12H11ClN2O2/c1-2-17-12(16)11-7-8-15(14-11)10-5-3-9(13)4-6-10/h3-8H,2H2,1H3. The summed E-state index contributed by atoms with van der Waals surface area (Å²) in [5, 5.41) is 4.79. The predicted molar refractivity (Wildman–Crippen MR) is 64.5 cm³/mol. The number of aromatic nitrogens is 2. The largest absolute Gasteiger partial charge is 0.461 e. The van der Waals surface area contributed by atoms with Gasteiger partial charge < -0.3 is 4.74 Å². The number of carbonyl (C=O) groups excluding carboxylic acids is 1. The van der Waals surface area contributed by atoms with E-state index < -0.39 is 5.97 Å². The van der Waals surface area contributed by atoms with Crippen molar-refractivity contribution >= 4 is 17.6 Å². The highest BCUT2D eigenvalue weighted by Crippen LogP contribution is 2.13. The second-order valence-electron chi connectivity index (χ2n) is 3.34. The smallest absolute Gasteiger partial charge is 0.358 e. The van der Waals surface area contributed by atoms with Gasteiger partial charge in [-0.15, -0.1) is 0 Å². The molecule has 5 heteroatoms. The van der Waals surface area contributed by atoms with Crippen molar-refractivity contribution in [3.8, 4) is 5.69 Å². The quantitative estimate of drug-likeness (QED) is 0.787. The van der Waals surface area contributed by atoms with Gasteiger partial charge in [0.2, 0.25) is 0 Å². The number of carbonyl (C=O) groups is 1. The zero-order valence-electron chi connectivity index (χ0n) is 9.26. The van der Waals surface area contributed by atoms with Crippen LogP contribution in [0.25, 0.3) is 5.69 Å². The van der Waals surface area contributed by atoms with Crippen molar-refractivity contribution < 1.29 is 9.53 Å². The number of hydrogen-bond donors (Lipinski definition) is 0. The van der Waals surface area contributed by atoms with Crippen LogP contribution in [0.2, 0.25) is 5.02 Å². The van der Waals surface area contributed by atoms with Gasteiger partial charge in [-0.1, -0.05) is 11.6 Å². The Morgan fingerprint density at radius 3 is 2.71 bits per heavy atom. The van der Waals surface area contributed by atoms with Crippen molar-refractivity contribution in [2.45, 2.75) is 6.92 Å². The first-order chi connectivity index (χ1) is 8.20. The number of hydrogen-bond acceptors (Lipinski definition) is 3. The third-order valence-corrected chi connectivity index (χ3v) is 2.42. The number of nitrogens with zero attached hydrogens (tertiary/aromatic N) is 2. The van der Waals surface area contributed by atoms with Crippen LogP contribution in [0.15, 0.2) is 36.5 Å². The van der Waals surface area contributed by atoms with Crippen LogP contribution in [0.5, 0.6) is 0 Å². The summed E-state index contributed by atoms with van der Waals surface area (Å²) in [5.74, 6) is -0.416. The molecule has 0 aliphatic rings. The number of rotatable bonds is 3. The number of halogens is 1. The molecule has 1 aromatic carbocycles. The third kappa shape index (κ3) is 2.65. The molecule has 0 radical (unpaired) electrons. The lowest BCUT2D eigenvalue weighted by molar-refractivity contribution is 0.0519. The Morgan fingerprint density at radius 2 is 2.06 bits per heavy atom. The van der Waals surface area contributed by atoms with Gasteiger partial charge in [0, 0.05) is 11.2 Å². The summed E-state index contributed by atoms with van der Waals surface area (Å²) >= 11 is 5.79. The summed E-state index contributed by atoms with van der Waals surface area (Å²) < 4.78 is 6.46. The van der Waals surface area contributed by atoms with E-state index in [1.165, 1.54) is 0 Å². The van der Waals surface area contributed by atoms with Crippen molar-refractivity contribution in [2.24, 2.45) is 0 Å². The van der Waals surface area contributed by atoms with Crippen LogP contribution in [0.1, 0.15) is 17.4 Å². The van der Waals surface area contributed by atoms with Gasteiger partial charge in [-0.2, -0.15) is 5.10 Å². The van der Waals surface area contributed by atoms with E-state index in [4.69, 9.17) is 16.3 Å².